The van der Waals surface area contributed by atoms with Gasteiger partial charge in [-0.15, -0.1) is 0 Å². The molecule has 1 heterocycles. The van der Waals surface area contributed by atoms with E-state index >= 15 is 0 Å². The van der Waals surface area contributed by atoms with Crippen molar-refractivity contribution in [3.63, 3.8) is 0 Å². The molecule has 0 spiro atoms. The first-order valence-corrected chi connectivity index (χ1v) is 6.49. The molecule has 1 aromatic heterocycles. The van der Waals surface area contributed by atoms with Crippen LogP contribution in [0.1, 0.15) is 54.4 Å². The fourth-order valence-corrected chi connectivity index (χ4v) is 2.39. The SMILES string of the molecule is Cc1ccncc1C(=O)NC1CCCCCC1. The van der Waals surface area contributed by atoms with Crippen LogP contribution in [0.5, 0.6) is 0 Å². The van der Waals surface area contributed by atoms with E-state index in [1.807, 2.05) is 13.0 Å². The van der Waals surface area contributed by atoms with Crippen molar-refractivity contribution in [3.8, 4) is 0 Å². The van der Waals surface area contributed by atoms with Crippen molar-refractivity contribution in [2.75, 3.05) is 0 Å². The van der Waals surface area contributed by atoms with Crippen LogP contribution in [0.3, 0.4) is 0 Å². The van der Waals surface area contributed by atoms with Crippen LogP contribution in [0.25, 0.3) is 0 Å². The normalized spacial score (nSPS) is 17.5. The van der Waals surface area contributed by atoms with E-state index in [-0.39, 0.29) is 5.91 Å². The van der Waals surface area contributed by atoms with Gasteiger partial charge in [-0.2, -0.15) is 0 Å². The van der Waals surface area contributed by atoms with Gasteiger partial charge in [-0.05, 0) is 31.4 Å². The number of amides is 1. The summed E-state index contributed by atoms with van der Waals surface area (Å²) in [7, 11) is 0. The topological polar surface area (TPSA) is 42.0 Å². The number of carbonyl (C=O) groups is 1. The van der Waals surface area contributed by atoms with E-state index in [0.29, 0.717) is 11.6 Å². The van der Waals surface area contributed by atoms with Gasteiger partial charge in [0.1, 0.15) is 0 Å². The van der Waals surface area contributed by atoms with Gasteiger partial charge in [-0.1, -0.05) is 25.7 Å². The molecule has 3 heteroatoms. The first kappa shape index (κ1) is 12.1. The molecular weight excluding hydrogens is 212 g/mol. The fourth-order valence-electron chi connectivity index (χ4n) is 2.39. The summed E-state index contributed by atoms with van der Waals surface area (Å²) in [5, 5.41) is 3.14. The highest BCUT2D eigenvalue weighted by Gasteiger charge is 2.16. The third kappa shape index (κ3) is 3.29. The maximum absolute atomic E-state index is 12.1. The average molecular weight is 232 g/mol. The molecule has 2 rings (SSSR count). The molecule has 1 aromatic rings. The zero-order valence-corrected chi connectivity index (χ0v) is 10.4. The van der Waals surface area contributed by atoms with Gasteiger partial charge >= 0.3 is 0 Å². The highest BCUT2D eigenvalue weighted by atomic mass is 16.1. The van der Waals surface area contributed by atoms with E-state index in [1.165, 1.54) is 25.7 Å². The van der Waals surface area contributed by atoms with Crippen molar-refractivity contribution in [1.29, 1.82) is 0 Å². The Bertz CT molecular complexity index is 382. The molecule has 0 unspecified atom stereocenters. The quantitative estimate of drug-likeness (QED) is 0.797. The molecular formula is C14H20N2O. The van der Waals surface area contributed by atoms with Crippen LogP contribution in [0, 0.1) is 6.92 Å². The number of pyridine rings is 1. The third-order valence-corrected chi connectivity index (χ3v) is 3.47. The number of hydrogen-bond donors (Lipinski definition) is 1. The summed E-state index contributed by atoms with van der Waals surface area (Å²) in [6.07, 6.45) is 10.7. The minimum atomic E-state index is 0.0301. The van der Waals surface area contributed by atoms with Gasteiger partial charge in [0.05, 0.1) is 5.56 Å². The maximum Gasteiger partial charge on any atom is 0.253 e. The molecule has 3 nitrogen and oxygen atoms in total. The monoisotopic (exact) mass is 232 g/mol. The summed E-state index contributed by atoms with van der Waals surface area (Å²) >= 11 is 0. The lowest BCUT2D eigenvalue weighted by Gasteiger charge is -2.16. The van der Waals surface area contributed by atoms with Crippen molar-refractivity contribution in [2.24, 2.45) is 0 Å². The zero-order valence-electron chi connectivity index (χ0n) is 10.4. The zero-order chi connectivity index (χ0) is 12.1. The Labute approximate surface area is 103 Å². The van der Waals surface area contributed by atoms with Crippen LogP contribution < -0.4 is 5.32 Å². The maximum atomic E-state index is 12.1. The highest BCUT2D eigenvalue weighted by molar-refractivity contribution is 5.95. The van der Waals surface area contributed by atoms with Crippen LogP contribution >= 0.6 is 0 Å². The van der Waals surface area contributed by atoms with Gasteiger partial charge in [0.25, 0.3) is 5.91 Å². The lowest BCUT2D eigenvalue weighted by atomic mass is 10.1. The molecule has 0 saturated heterocycles. The lowest BCUT2D eigenvalue weighted by molar-refractivity contribution is 0.0932. The minimum Gasteiger partial charge on any atom is -0.349 e. The van der Waals surface area contributed by atoms with Crippen molar-refractivity contribution in [2.45, 2.75) is 51.5 Å². The van der Waals surface area contributed by atoms with Crippen LogP contribution in [0.2, 0.25) is 0 Å². The molecule has 0 radical (unpaired) electrons. The Morgan fingerprint density at radius 1 is 1.29 bits per heavy atom. The van der Waals surface area contributed by atoms with Gasteiger partial charge in [0.15, 0.2) is 0 Å². The summed E-state index contributed by atoms with van der Waals surface area (Å²) < 4.78 is 0. The summed E-state index contributed by atoms with van der Waals surface area (Å²) in [5.41, 5.74) is 1.70. The van der Waals surface area contributed by atoms with Crippen LogP contribution in [0.4, 0.5) is 0 Å². The van der Waals surface area contributed by atoms with Crippen LogP contribution in [0.15, 0.2) is 18.5 Å². The van der Waals surface area contributed by atoms with E-state index in [4.69, 9.17) is 0 Å². The highest BCUT2D eigenvalue weighted by Crippen LogP contribution is 2.17. The molecule has 1 fully saturated rings. The Balaban J connectivity index is 1.98. The molecule has 92 valence electrons. The van der Waals surface area contributed by atoms with Gasteiger partial charge < -0.3 is 5.32 Å². The molecule has 1 aliphatic rings. The molecule has 17 heavy (non-hydrogen) atoms. The van der Waals surface area contributed by atoms with Crippen LogP contribution in [-0.2, 0) is 0 Å². The van der Waals surface area contributed by atoms with Crippen LogP contribution in [-0.4, -0.2) is 16.9 Å². The standard InChI is InChI=1S/C14H20N2O/c1-11-8-9-15-10-13(11)14(17)16-12-6-4-2-3-5-7-12/h8-10,12H,2-7H2,1H3,(H,16,17). The molecule has 1 N–H and O–H groups in total. The molecule has 0 atom stereocenters. The molecule has 0 aromatic carbocycles. The number of aryl methyl sites for hydroxylation is 1. The summed E-state index contributed by atoms with van der Waals surface area (Å²) in [6.45, 7) is 1.95. The number of nitrogens with zero attached hydrogens (tertiary/aromatic N) is 1. The summed E-state index contributed by atoms with van der Waals surface area (Å²) in [4.78, 5) is 16.1. The molecule has 0 aliphatic heterocycles. The number of carbonyl (C=O) groups excluding carboxylic acids is 1. The van der Waals surface area contributed by atoms with E-state index in [9.17, 15) is 4.79 Å². The summed E-state index contributed by atoms with van der Waals surface area (Å²) in [6, 6.07) is 2.23. The summed E-state index contributed by atoms with van der Waals surface area (Å²) in [5.74, 6) is 0.0301. The van der Waals surface area contributed by atoms with Gasteiger partial charge in [-0.25, -0.2) is 0 Å². The van der Waals surface area contributed by atoms with Crippen molar-refractivity contribution in [3.05, 3.63) is 29.6 Å². The number of nitrogens with one attached hydrogen (secondary N) is 1. The Morgan fingerprint density at radius 2 is 2.00 bits per heavy atom. The van der Waals surface area contributed by atoms with Gasteiger partial charge in [0.2, 0.25) is 0 Å². The van der Waals surface area contributed by atoms with E-state index in [2.05, 4.69) is 10.3 Å². The van der Waals surface area contributed by atoms with Gasteiger partial charge in [0, 0.05) is 18.4 Å². The molecule has 1 aliphatic carbocycles. The van der Waals surface area contributed by atoms with E-state index < -0.39 is 0 Å². The molecule has 0 bridgehead atoms. The first-order chi connectivity index (χ1) is 8.27. The first-order valence-electron chi connectivity index (χ1n) is 6.49. The third-order valence-electron chi connectivity index (χ3n) is 3.47. The van der Waals surface area contributed by atoms with Gasteiger partial charge in [-0.3, -0.25) is 9.78 Å². The van der Waals surface area contributed by atoms with E-state index in [1.54, 1.807) is 12.4 Å². The largest absolute Gasteiger partial charge is 0.349 e. The predicted octanol–water partition coefficient (Wildman–Crippen LogP) is 2.84. The second kappa shape index (κ2) is 5.80. The predicted molar refractivity (Wildman–Crippen MR) is 67.9 cm³/mol. The van der Waals surface area contributed by atoms with Crippen molar-refractivity contribution >= 4 is 5.91 Å². The Kier molecular flexibility index (Phi) is 4.13. The van der Waals surface area contributed by atoms with Crippen molar-refractivity contribution in [1.82, 2.24) is 10.3 Å². The Hall–Kier alpha value is -1.38. The molecule has 1 amide bonds. The lowest BCUT2D eigenvalue weighted by Crippen LogP contribution is -2.34. The smallest absolute Gasteiger partial charge is 0.253 e. The van der Waals surface area contributed by atoms with E-state index in [0.717, 1.165) is 18.4 Å². The second-order valence-electron chi connectivity index (χ2n) is 4.85. The average Bonchev–Trinajstić information content (AvgIpc) is 2.58. The fraction of sp³-hybridized carbons (Fsp3) is 0.571. The number of hydrogen-bond acceptors (Lipinski definition) is 2. The number of rotatable bonds is 2. The van der Waals surface area contributed by atoms with Crippen molar-refractivity contribution < 1.29 is 4.79 Å². The number of aromatic nitrogens is 1. The molecule has 1 saturated carbocycles. The Morgan fingerprint density at radius 3 is 2.65 bits per heavy atom. The second-order valence-corrected chi connectivity index (χ2v) is 4.85. The minimum absolute atomic E-state index is 0.0301.